The second-order valence-electron chi connectivity index (χ2n) is 10.6. The Labute approximate surface area is 231 Å². The number of methoxy groups -OCH3 is 1. The van der Waals surface area contributed by atoms with Crippen LogP contribution in [0, 0.1) is 0 Å². The monoisotopic (exact) mass is 532 g/mol. The van der Waals surface area contributed by atoms with Crippen molar-refractivity contribution < 1.29 is 19.1 Å². The van der Waals surface area contributed by atoms with Gasteiger partial charge in [-0.2, -0.15) is 0 Å². The number of hydrogen-bond acceptors (Lipinski definition) is 6. The molecule has 0 aromatic heterocycles. The zero-order chi connectivity index (χ0) is 27.0. The molecule has 1 saturated carbocycles. The van der Waals surface area contributed by atoms with Crippen molar-refractivity contribution in [3.8, 4) is 11.5 Å². The van der Waals surface area contributed by atoms with Crippen LogP contribution in [0.2, 0.25) is 0 Å². The van der Waals surface area contributed by atoms with Gasteiger partial charge in [0.05, 0.1) is 13.7 Å². The molecule has 2 aromatic rings. The standard InChI is InChI=1S/C31H40N4O4/c1-38-29-22-25(10-12-28(29)39-24-26-6-3-2-4-7-26)11-13-30(36)34-16-14-32(15-17-34)23-31(37)35-20-18-33(19-21-35)27-8-5-9-27/h2-4,6-7,10-13,22,27H,5,8-9,14-21,23-24H2,1H3. The highest BCUT2D eigenvalue weighted by Gasteiger charge is 2.30. The molecule has 0 spiro atoms. The van der Waals surface area contributed by atoms with Crippen molar-refractivity contribution in [1.82, 2.24) is 19.6 Å². The molecule has 0 atom stereocenters. The molecule has 2 aliphatic heterocycles. The second-order valence-corrected chi connectivity index (χ2v) is 10.6. The van der Waals surface area contributed by atoms with Crippen LogP contribution in [-0.4, -0.2) is 103 Å². The predicted octanol–water partition coefficient (Wildman–Crippen LogP) is 3.13. The van der Waals surface area contributed by atoms with Gasteiger partial charge in [0, 0.05) is 64.5 Å². The van der Waals surface area contributed by atoms with Gasteiger partial charge in [-0.3, -0.25) is 19.4 Å². The maximum atomic E-state index is 12.8. The molecule has 0 unspecified atom stereocenters. The maximum Gasteiger partial charge on any atom is 0.246 e. The van der Waals surface area contributed by atoms with Gasteiger partial charge in [-0.05, 0) is 42.2 Å². The van der Waals surface area contributed by atoms with E-state index in [0.717, 1.165) is 43.3 Å². The summed E-state index contributed by atoms with van der Waals surface area (Å²) in [5.41, 5.74) is 1.95. The highest BCUT2D eigenvalue weighted by molar-refractivity contribution is 5.92. The third-order valence-electron chi connectivity index (χ3n) is 8.14. The molecule has 2 saturated heterocycles. The van der Waals surface area contributed by atoms with Crippen molar-refractivity contribution in [2.24, 2.45) is 0 Å². The molecule has 2 aromatic carbocycles. The third-order valence-corrected chi connectivity index (χ3v) is 8.14. The highest BCUT2D eigenvalue weighted by Crippen LogP contribution is 2.29. The Morgan fingerprint density at radius 2 is 1.59 bits per heavy atom. The van der Waals surface area contributed by atoms with Crippen molar-refractivity contribution in [2.75, 3.05) is 66.0 Å². The van der Waals surface area contributed by atoms with E-state index in [2.05, 4.69) is 9.80 Å². The normalized spacial score (nSPS) is 19.2. The van der Waals surface area contributed by atoms with E-state index in [1.807, 2.05) is 64.4 Å². The molecule has 39 heavy (non-hydrogen) atoms. The van der Waals surface area contributed by atoms with Gasteiger partial charge in [0.2, 0.25) is 11.8 Å². The van der Waals surface area contributed by atoms with Crippen molar-refractivity contribution in [2.45, 2.75) is 31.9 Å². The van der Waals surface area contributed by atoms with E-state index >= 15 is 0 Å². The summed E-state index contributed by atoms with van der Waals surface area (Å²) in [5, 5.41) is 0. The van der Waals surface area contributed by atoms with Gasteiger partial charge in [0.15, 0.2) is 11.5 Å². The SMILES string of the molecule is COc1cc(C=CC(=O)N2CCN(CC(=O)N3CCN(C4CCC4)CC3)CC2)ccc1OCc1ccccc1. The molecule has 8 nitrogen and oxygen atoms in total. The van der Waals surface area contributed by atoms with Crippen LogP contribution in [0.5, 0.6) is 11.5 Å². The minimum absolute atomic E-state index is 0.0172. The second kappa shape index (κ2) is 13.1. The summed E-state index contributed by atoms with van der Waals surface area (Å²) < 4.78 is 11.4. The Hall–Kier alpha value is -3.36. The molecule has 8 heteroatoms. The molecular formula is C31H40N4O4. The maximum absolute atomic E-state index is 12.8. The molecular weight excluding hydrogens is 492 g/mol. The van der Waals surface area contributed by atoms with E-state index in [0.29, 0.717) is 50.8 Å². The quantitative estimate of drug-likeness (QED) is 0.463. The van der Waals surface area contributed by atoms with E-state index in [-0.39, 0.29) is 11.8 Å². The molecule has 208 valence electrons. The van der Waals surface area contributed by atoms with E-state index in [9.17, 15) is 9.59 Å². The number of nitrogens with zero attached hydrogens (tertiary/aromatic N) is 4. The molecule has 1 aliphatic carbocycles. The van der Waals surface area contributed by atoms with E-state index < -0.39 is 0 Å². The number of carbonyl (C=O) groups is 2. The van der Waals surface area contributed by atoms with Gasteiger partial charge in [-0.1, -0.05) is 42.8 Å². The predicted molar refractivity (Wildman–Crippen MR) is 152 cm³/mol. The van der Waals surface area contributed by atoms with E-state index in [1.165, 1.54) is 19.3 Å². The van der Waals surface area contributed by atoms with E-state index in [1.54, 1.807) is 13.2 Å². The summed E-state index contributed by atoms with van der Waals surface area (Å²) >= 11 is 0. The number of piperazine rings is 2. The number of rotatable bonds is 9. The number of hydrogen-bond donors (Lipinski definition) is 0. The first-order chi connectivity index (χ1) is 19.1. The minimum Gasteiger partial charge on any atom is -0.493 e. The van der Waals surface area contributed by atoms with Gasteiger partial charge >= 0.3 is 0 Å². The summed E-state index contributed by atoms with van der Waals surface area (Å²) in [6.07, 6.45) is 7.40. The summed E-state index contributed by atoms with van der Waals surface area (Å²) in [7, 11) is 1.61. The first-order valence-electron chi connectivity index (χ1n) is 14.1. The summed E-state index contributed by atoms with van der Waals surface area (Å²) in [5.74, 6) is 1.49. The molecule has 0 bridgehead atoms. The van der Waals surface area contributed by atoms with Gasteiger partial charge < -0.3 is 19.3 Å². The molecule has 0 radical (unpaired) electrons. The van der Waals surface area contributed by atoms with Gasteiger partial charge in [-0.15, -0.1) is 0 Å². The fourth-order valence-electron chi connectivity index (χ4n) is 5.42. The molecule has 3 aliphatic rings. The zero-order valence-electron chi connectivity index (χ0n) is 23.0. The number of ether oxygens (including phenoxy) is 2. The Balaban J connectivity index is 1.05. The van der Waals surface area contributed by atoms with E-state index in [4.69, 9.17) is 9.47 Å². The smallest absolute Gasteiger partial charge is 0.246 e. The number of amides is 2. The average Bonchev–Trinajstić information content (AvgIpc) is 2.95. The topological polar surface area (TPSA) is 65.6 Å². The number of benzene rings is 2. The van der Waals surface area contributed by atoms with Crippen molar-refractivity contribution in [3.63, 3.8) is 0 Å². The van der Waals surface area contributed by atoms with Crippen LogP contribution in [-0.2, 0) is 16.2 Å². The Bertz CT molecular complexity index is 1130. The lowest BCUT2D eigenvalue weighted by molar-refractivity contribution is -0.135. The average molecular weight is 533 g/mol. The van der Waals surface area contributed by atoms with Crippen molar-refractivity contribution in [3.05, 3.63) is 65.7 Å². The number of carbonyl (C=O) groups excluding carboxylic acids is 2. The van der Waals surface area contributed by atoms with Gasteiger partial charge in [0.25, 0.3) is 0 Å². The van der Waals surface area contributed by atoms with Crippen LogP contribution in [0.3, 0.4) is 0 Å². The largest absolute Gasteiger partial charge is 0.493 e. The lowest BCUT2D eigenvalue weighted by atomic mass is 9.91. The Morgan fingerprint density at radius 1 is 0.872 bits per heavy atom. The van der Waals surface area contributed by atoms with Crippen LogP contribution >= 0.6 is 0 Å². The fraction of sp³-hybridized carbons (Fsp3) is 0.484. The lowest BCUT2D eigenvalue weighted by Crippen LogP contribution is -2.56. The molecule has 2 heterocycles. The van der Waals surface area contributed by atoms with Gasteiger partial charge in [0.1, 0.15) is 6.61 Å². The minimum atomic E-state index is -0.0172. The first-order valence-corrected chi connectivity index (χ1v) is 14.1. The molecule has 3 fully saturated rings. The van der Waals surface area contributed by atoms with Crippen LogP contribution in [0.4, 0.5) is 0 Å². The molecule has 5 rings (SSSR count). The van der Waals surface area contributed by atoms with Crippen LogP contribution in [0.25, 0.3) is 6.08 Å². The van der Waals surface area contributed by atoms with Gasteiger partial charge in [-0.25, -0.2) is 0 Å². The molecule has 0 N–H and O–H groups in total. The summed E-state index contributed by atoms with van der Waals surface area (Å²) in [4.78, 5) is 34.3. The summed E-state index contributed by atoms with van der Waals surface area (Å²) in [6.45, 7) is 7.26. The first kappa shape index (κ1) is 27.2. The molecule has 2 amide bonds. The zero-order valence-corrected chi connectivity index (χ0v) is 23.0. The highest BCUT2D eigenvalue weighted by atomic mass is 16.5. The van der Waals surface area contributed by atoms with Crippen molar-refractivity contribution in [1.29, 1.82) is 0 Å². The Morgan fingerprint density at radius 3 is 2.26 bits per heavy atom. The van der Waals surface area contributed by atoms with Crippen LogP contribution in [0.1, 0.15) is 30.4 Å². The van der Waals surface area contributed by atoms with Crippen LogP contribution in [0.15, 0.2) is 54.6 Å². The third kappa shape index (κ3) is 7.19. The van der Waals surface area contributed by atoms with Crippen LogP contribution < -0.4 is 9.47 Å². The Kier molecular flexibility index (Phi) is 9.16. The fourth-order valence-corrected chi connectivity index (χ4v) is 5.42. The summed E-state index contributed by atoms with van der Waals surface area (Å²) in [6, 6.07) is 16.4. The lowest BCUT2D eigenvalue weighted by Gasteiger charge is -2.43. The van der Waals surface area contributed by atoms with Crippen molar-refractivity contribution >= 4 is 17.9 Å².